The number of aliphatic hydroxyl groups is 1. The Bertz CT molecular complexity index is 1120. The SMILES string of the molecule is C[C@@H]1Cc2cc3c(cc2[C@@H](c2ncc(N[C@H]4CCN(CCCF)C4)cc2F)N1CC(F)(F)CO)OCO3. The maximum atomic E-state index is 15.7. The summed E-state index contributed by atoms with van der Waals surface area (Å²) >= 11 is 0. The maximum Gasteiger partial charge on any atom is 0.283 e. The summed E-state index contributed by atoms with van der Waals surface area (Å²) in [6.07, 6.45) is 3.31. The number of alkyl halides is 3. The molecule has 1 fully saturated rings. The Labute approximate surface area is 213 Å². The molecule has 202 valence electrons. The Kier molecular flexibility index (Phi) is 7.46. The molecular formula is C26H32F4N4O3. The van der Waals surface area contributed by atoms with E-state index >= 15 is 4.39 Å². The minimum absolute atomic E-state index is 0.0296. The molecule has 11 heteroatoms. The normalized spacial score (nSPS) is 23.9. The van der Waals surface area contributed by atoms with Gasteiger partial charge in [-0.15, -0.1) is 0 Å². The number of fused-ring (bicyclic) bond motifs is 2. The van der Waals surface area contributed by atoms with E-state index in [4.69, 9.17) is 9.47 Å². The Hall–Kier alpha value is -2.63. The van der Waals surface area contributed by atoms with E-state index in [0.29, 0.717) is 42.1 Å². The van der Waals surface area contributed by atoms with E-state index in [1.807, 2.05) is 6.07 Å². The van der Waals surface area contributed by atoms with Crippen LogP contribution in [-0.2, 0) is 6.42 Å². The summed E-state index contributed by atoms with van der Waals surface area (Å²) in [6, 6.07) is 3.70. The molecule has 0 amide bonds. The van der Waals surface area contributed by atoms with Crippen LogP contribution in [0.25, 0.3) is 0 Å². The summed E-state index contributed by atoms with van der Waals surface area (Å²) in [4.78, 5) is 8.09. The number of halogens is 4. The quantitative estimate of drug-likeness (QED) is 0.484. The van der Waals surface area contributed by atoms with Crippen LogP contribution in [0, 0.1) is 5.82 Å². The number of hydrogen-bond donors (Lipinski definition) is 2. The van der Waals surface area contributed by atoms with E-state index < -0.39 is 30.9 Å². The van der Waals surface area contributed by atoms with Gasteiger partial charge in [-0.3, -0.25) is 14.3 Å². The van der Waals surface area contributed by atoms with Crippen LogP contribution in [0.2, 0.25) is 0 Å². The summed E-state index contributed by atoms with van der Waals surface area (Å²) in [5, 5.41) is 12.5. The highest BCUT2D eigenvalue weighted by atomic mass is 19.3. The molecule has 3 aliphatic rings. The number of ether oxygens (including phenoxy) is 2. The van der Waals surface area contributed by atoms with Crippen molar-refractivity contribution in [1.29, 1.82) is 0 Å². The molecule has 3 atom stereocenters. The van der Waals surface area contributed by atoms with Crippen LogP contribution >= 0.6 is 0 Å². The van der Waals surface area contributed by atoms with Gasteiger partial charge in [0, 0.05) is 37.8 Å². The van der Waals surface area contributed by atoms with Gasteiger partial charge in [0.15, 0.2) is 11.5 Å². The molecule has 0 aliphatic carbocycles. The number of nitrogens with zero attached hydrogens (tertiary/aromatic N) is 3. The minimum atomic E-state index is -3.37. The zero-order valence-electron chi connectivity index (χ0n) is 20.7. The van der Waals surface area contributed by atoms with Gasteiger partial charge in [0.1, 0.15) is 12.4 Å². The molecule has 0 bridgehead atoms. The Morgan fingerprint density at radius 3 is 2.73 bits per heavy atom. The predicted molar refractivity (Wildman–Crippen MR) is 130 cm³/mol. The first-order valence-corrected chi connectivity index (χ1v) is 12.6. The van der Waals surface area contributed by atoms with Crippen molar-refractivity contribution in [2.75, 3.05) is 51.6 Å². The molecule has 1 saturated heterocycles. The van der Waals surface area contributed by atoms with Gasteiger partial charge < -0.3 is 24.8 Å². The summed E-state index contributed by atoms with van der Waals surface area (Å²) < 4.78 is 68.0. The molecule has 1 aromatic carbocycles. The molecule has 1 aromatic heterocycles. The summed E-state index contributed by atoms with van der Waals surface area (Å²) in [5.41, 5.74) is 2.01. The van der Waals surface area contributed by atoms with Crippen molar-refractivity contribution in [1.82, 2.24) is 14.8 Å². The predicted octanol–water partition coefficient (Wildman–Crippen LogP) is 3.76. The summed E-state index contributed by atoms with van der Waals surface area (Å²) in [5.74, 6) is -2.93. The van der Waals surface area contributed by atoms with Crippen LogP contribution in [0.4, 0.5) is 23.2 Å². The van der Waals surface area contributed by atoms with Crippen molar-refractivity contribution >= 4 is 5.69 Å². The molecule has 3 aliphatic heterocycles. The topological polar surface area (TPSA) is 70.1 Å². The van der Waals surface area contributed by atoms with Crippen LogP contribution in [0.15, 0.2) is 24.4 Å². The van der Waals surface area contributed by atoms with Gasteiger partial charge in [0.2, 0.25) is 6.79 Å². The largest absolute Gasteiger partial charge is 0.454 e. The van der Waals surface area contributed by atoms with Gasteiger partial charge in [-0.05, 0) is 49.4 Å². The number of anilines is 1. The highest BCUT2D eigenvalue weighted by Crippen LogP contribution is 2.45. The van der Waals surface area contributed by atoms with Crippen molar-refractivity contribution in [2.45, 2.75) is 50.2 Å². The maximum absolute atomic E-state index is 15.7. The highest BCUT2D eigenvalue weighted by molar-refractivity contribution is 5.53. The monoisotopic (exact) mass is 524 g/mol. The first kappa shape index (κ1) is 26.0. The van der Waals surface area contributed by atoms with Crippen LogP contribution < -0.4 is 14.8 Å². The third-order valence-electron chi connectivity index (χ3n) is 7.37. The van der Waals surface area contributed by atoms with Crippen LogP contribution in [0.1, 0.15) is 42.6 Å². The van der Waals surface area contributed by atoms with Gasteiger partial charge in [-0.25, -0.2) is 13.2 Å². The molecule has 5 rings (SSSR count). The summed E-state index contributed by atoms with van der Waals surface area (Å²) in [6.45, 7) is 1.71. The fraction of sp³-hybridized carbons (Fsp3) is 0.577. The van der Waals surface area contributed by atoms with Crippen molar-refractivity contribution < 1.29 is 32.1 Å². The number of hydrogen-bond acceptors (Lipinski definition) is 7. The average molecular weight is 525 g/mol. The third-order valence-corrected chi connectivity index (χ3v) is 7.37. The fourth-order valence-corrected chi connectivity index (χ4v) is 5.57. The number of rotatable bonds is 9. The first-order chi connectivity index (χ1) is 17.8. The van der Waals surface area contributed by atoms with E-state index in [9.17, 15) is 18.3 Å². The molecule has 0 radical (unpaired) electrons. The molecular weight excluding hydrogens is 492 g/mol. The molecule has 4 heterocycles. The number of benzene rings is 1. The second-order valence-electron chi connectivity index (χ2n) is 10.1. The number of aromatic nitrogens is 1. The number of aliphatic hydroxyl groups excluding tert-OH is 1. The molecule has 2 aromatic rings. The second-order valence-corrected chi connectivity index (χ2v) is 10.1. The van der Waals surface area contributed by atoms with Crippen molar-refractivity contribution in [3.63, 3.8) is 0 Å². The minimum Gasteiger partial charge on any atom is -0.454 e. The molecule has 0 saturated carbocycles. The lowest BCUT2D eigenvalue weighted by atomic mass is 9.86. The van der Waals surface area contributed by atoms with Crippen LogP contribution in [-0.4, -0.2) is 84.1 Å². The first-order valence-electron chi connectivity index (χ1n) is 12.6. The van der Waals surface area contributed by atoms with E-state index in [0.717, 1.165) is 25.1 Å². The number of nitrogens with one attached hydrogen (secondary N) is 1. The van der Waals surface area contributed by atoms with Crippen molar-refractivity contribution in [2.24, 2.45) is 0 Å². The highest BCUT2D eigenvalue weighted by Gasteiger charge is 2.42. The molecule has 7 nitrogen and oxygen atoms in total. The lowest BCUT2D eigenvalue weighted by molar-refractivity contribution is -0.0867. The lowest BCUT2D eigenvalue weighted by Crippen LogP contribution is -2.49. The molecule has 37 heavy (non-hydrogen) atoms. The average Bonchev–Trinajstić information content (AvgIpc) is 3.51. The Morgan fingerprint density at radius 1 is 1.22 bits per heavy atom. The van der Waals surface area contributed by atoms with Crippen molar-refractivity contribution in [3.8, 4) is 11.5 Å². The number of likely N-dealkylation sites (tertiary alicyclic amines) is 1. The zero-order valence-corrected chi connectivity index (χ0v) is 20.7. The summed E-state index contributed by atoms with van der Waals surface area (Å²) in [7, 11) is 0. The fourth-order valence-electron chi connectivity index (χ4n) is 5.57. The van der Waals surface area contributed by atoms with E-state index in [1.165, 1.54) is 17.2 Å². The van der Waals surface area contributed by atoms with Crippen LogP contribution in [0.5, 0.6) is 11.5 Å². The van der Waals surface area contributed by atoms with E-state index in [-0.39, 0.29) is 31.2 Å². The smallest absolute Gasteiger partial charge is 0.283 e. The van der Waals surface area contributed by atoms with E-state index in [2.05, 4.69) is 15.2 Å². The Balaban J connectivity index is 1.44. The van der Waals surface area contributed by atoms with Gasteiger partial charge in [0.05, 0.1) is 36.8 Å². The van der Waals surface area contributed by atoms with Gasteiger partial charge in [0.25, 0.3) is 5.92 Å². The second kappa shape index (κ2) is 10.6. The number of pyridine rings is 1. The lowest BCUT2D eigenvalue weighted by Gasteiger charge is -2.43. The van der Waals surface area contributed by atoms with Gasteiger partial charge in [-0.1, -0.05) is 0 Å². The van der Waals surface area contributed by atoms with Crippen LogP contribution in [0.3, 0.4) is 0 Å². The Morgan fingerprint density at radius 2 is 2.00 bits per heavy atom. The van der Waals surface area contributed by atoms with Gasteiger partial charge in [-0.2, -0.15) is 0 Å². The third kappa shape index (κ3) is 5.49. The molecule has 0 spiro atoms. The van der Waals surface area contributed by atoms with Gasteiger partial charge >= 0.3 is 0 Å². The molecule has 2 N–H and O–H groups in total. The molecule has 0 unspecified atom stereocenters. The standard InChI is InChI=1S/C26H32F4N4O3/c1-16-7-17-8-22-23(37-15-36-22)10-20(17)25(34(16)13-26(29,30)14-35)24-21(28)9-19(11-31-24)32-18-3-6-33(12-18)5-2-4-27/h8-11,16,18,25,32,35H,2-7,12-15H2,1H3/t16-,18+,25+/m1/s1. The van der Waals surface area contributed by atoms with E-state index in [1.54, 1.807) is 13.0 Å². The van der Waals surface area contributed by atoms with Crippen molar-refractivity contribution in [3.05, 3.63) is 47.0 Å². The zero-order chi connectivity index (χ0) is 26.2.